The third-order valence-corrected chi connectivity index (χ3v) is 1.90. The average Bonchev–Trinajstić information content (AvgIpc) is 2.29. The molecule has 1 rings (SSSR count). The quantitative estimate of drug-likeness (QED) is 0.631. The molecule has 9 heteroatoms. The Hall–Kier alpha value is -3.02. The molecule has 0 atom stereocenters. The number of amides is 1. The normalized spacial score (nSPS) is 9.28. The molecule has 0 heterocycles. The summed E-state index contributed by atoms with van der Waals surface area (Å²) in [7, 11) is 0. The summed E-state index contributed by atoms with van der Waals surface area (Å²) in [6.07, 6.45) is -0.464. The summed E-state index contributed by atoms with van der Waals surface area (Å²) in [6, 6.07) is 4.38. The van der Waals surface area contributed by atoms with Crippen molar-refractivity contribution < 1.29 is 14.6 Å². The predicted octanol–water partition coefficient (Wildman–Crippen LogP) is 1.36. The maximum absolute atomic E-state index is 11.1. The van der Waals surface area contributed by atoms with Gasteiger partial charge in [-0.15, -0.1) is 0 Å². The molecule has 0 aliphatic carbocycles. The van der Waals surface area contributed by atoms with E-state index >= 15 is 0 Å². The number of non-ortho nitro benzene ring substituents is 1. The van der Waals surface area contributed by atoms with Gasteiger partial charge in [0.25, 0.3) is 11.4 Å². The van der Waals surface area contributed by atoms with E-state index in [0.29, 0.717) is 0 Å². The molecule has 0 aromatic heterocycles. The van der Waals surface area contributed by atoms with E-state index in [9.17, 15) is 25.0 Å². The molecule has 0 radical (unpaired) electrons. The zero-order chi connectivity index (χ0) is 13.7. The number of rotatable bonds is 4. The number of nitrogens with zero attached hydrogens (tertiary/aromatic N) is 3. The topological polar surface area (TPSA) is 139 Å². The fourth-order valence-corrected chi connectivity index (χ4v) is 1.16. The van der Waals surface area contributed by atoms with Gasteiger partial charge < -0.3 is 5.32 Å². The van der Waals surface area contributed by atoms with Gasteiger partial charge in [0.15, 0.2) is 0 Å². The highest BCUT2D eigenvalue weighted by molar-refractivity contribution is 5.94. The van der Waals surface area contributed by atoms with Gasteiger partial charge >= 0.3 is 0 Å². The Kier molecular flexibility index (Phi) is 3.88. The number of benzene rings is 1. The standard InChI is InChI=1S/C9H6N4O5/c10-4-3-9(14)11-7-2-1-6(12(15)16)5-8(7)13(17)18/h1-2,5H,3H2,(H,11,14). The van der Waals surface area contributed by atoms with Crippen molar-refractivity contribution in [3.05, 3.63) is 38.4 Å². The smallest absolute Gasteiger partial charge is 0.299 e. The van der Waals surface area contributed by atoms with Gasteiger partial charge in [-0.05, 0) is 6.07 Å². The van der Waals surface area contributed by atoms with Gasteiger partial charge in [0.1, 0.15) is 12.1 Å². The zero-order valence-corrected chi connectivity index (χ0v) is 8.82. The molecule has 0 unspecified atom stereocenters. The van der Waals surface area contributed by atoms with E-state index in [2.05, 4.69) is 5.32 Å². The maximum atomic E-state index is 11.1. The molecule has 9 nitrogen and oxygen atoms in total. The van der Waals surface area contributed by atoms with E-state index in [1.807, 2.05) is 0 Å². The largest absolute Gasteiger partial charge is 0.319 e. The van der Waals surface area contributed by atoms with Crippen LogP contribution in [0.1, 0.15) is 6.42 Å². The molecule has 0 aliphatic rings. The Balaban J connectivity index is 3.12. The van der Waals surface area contributed by atoms with Crippen molar-refractivity contribution in [2.45, 2.75) is 6.42 Å². The van der Waals surface area contributed by atoms with Crippen LogP contribution in [0.5, 0.6) is 0 Å². The zero-order valence-electron chi connectivity index (χ0n) is 8.82. The predicted molar refractivity (Wildman–Crippen MR) is 58.6 cm³/mol. The van der Waals surface area contributed by atoms with Crippen LogP contribution < -0.4 is 5.32 Å². The highest BCUT2D eigenvalue weighted by Gasteiger charge is 2.20. The number of hydrogen-bond donors (Lipinski definition) is 1. The summed E-state index contributed by atoms with van der Waals surface area (Å²) in [5, 5.41) is 31.6. The van der Waals surface area contributed by atoms with Crippen LogP contribution in [0.15, 0.2) is 18.2 Å². The van der Waals surface area contributed by atoms with E-state index < -0.39 is 33.5 Å². The van der Waals surface area contributed by atoms with Gasteiger partial charge in [0, 0.05) is 6.07 Å². The third-order valence-electron chi connectivity index (χ3n) is 1.90. The SMILES string of the molecule is N#CCC(=O)Nc1ccc([N+](=O)[O-])cc1[N+](=O)[O-]. The molecule has 18 heavy (non-hydrogen) atoms. The lowest BCUT2D eigenvalue weighted by Gasteiger charge is -2.03. The van der Waals surface area contributed by atoms with Crippen LogP contribution in [0.2, 0.25) is 0 Å². The first-order valence-corrected chi connectivity index (χ1v) is 4.55. The van der Waals surface area contributed by atoms with Gasteiger partial charge in [-0.25, -0.2) is 0 Å². The van der Waals surface area contributed by atoms with Gasteiger partial charge in [0.2, 0.25) is 5.91 Å². The molecule has 0 saturated heterocycles. The molecule has 92 valence electrons. The molecule has 1 amide bonds. The Morgan fingerprint density at radius 3 is 2.50 bits per heavy atom. The highest BCUT2D eigenvalue weighted by Crippen LogP contribution is 2.28. The first-order valence-electron chi connectivity index (χ1n) is 4.55. The van der Waals surface area contributed by atoms with Crippen LogP contribution in [0.4, 0.5) is 17.1 Å². The van der Waals surface area contributed by atoms with E-state index in [0.717, 1.165) is 18.2 Å². The second kappa shape index (κ2) is 5.35. The van der Waals surface area contributed by atoms with Gasteiger partial charge in [-0.2, -0.15) is 5.26 Å². The average molecular weight is 250 g/mol. The minimum atomic E-state index is -0.852. The summed E-state index contributed by atoms with van der Waals surface area (Å²) in [5.41, 5.74) is -1.25. The molecule has 0 aliphatic heterocycles. The first-order chi connectivity index (χ1) is 8.45. The summed E-state index contributed by atoms with van der Waals surface area (Å²) >= 11 is 0. The van der Waals surface area contributed by atoms with Gasteiger partial charge in [-0.1, -0.05) is 0 Å². The lowest BCUT2D eigenvalue weighted by Crippen LogP contribution is -2.11. The Bertz CT molecular complexity index is 563. The van der Waals surface area contributed by atoms with Crippen molar-refractivity contribution in [3.8, 4) is 6.07 Å². The van der Waals surface area contributed by atoms with E-state index in [4.69, 9.17) is 5.26 Å². The number of carbonyl (C=O) groups is 1. The molecule has 1 N–H and O–H groups in total. The molecule has 0 saturated carbocycles. The second-order valence-electron chi connectivity index (χ2n) is 3.10. The van der Waals surface area contributed by atoms with E-state index in [1.165, 1.54) is 0 Å². The minimum Gasteiger partial charge on any atom is -0.319 e. The first kappa shape index (κ1) is 13.0. The van der Waals surface area contributed by atoms with Gasteiger partial charge in [-0.3, -0.25) is 25.0 Å². The lowest BCUT2D eigenvalue weighted by molar-refractivity contribution is -0.393. The van der Waals surface area contributed by atoms with Crippen molar-refractivity contribution in [2.75, 3.05) is 5.32 Å². The van der Waals surface area contributed by atoms with Crippen LogP contribution >= 0.6 is 0 Å². The summed E-state index contributed by atoms with van der Waals surface area (Å²) in [5.74, 6) is -0.727. The minimum absolute atomic E-state index is 0.189. The van der Waals surface area contributed by atoms with Crippen molar-refractivity contribution in [2.24, 2.45) is 0 Å². The molecule has 1 aromatic carbocycles. The number of hydrogen-bond acceptors (Lipinski definition) is 6. The van der Waals surface area contributed by atoms with Crippen molar-refractivity contribution in [1.82, 2.24) is 0 Å². The maximum Gasteiger partial charge on any atom is 0.299 e. The molecule has 1 aromatic rings. The van der Waals surface area contributed by atoms with Crippen molar-refractivity contribution in [3.63, 3.8) is 0 Å². The number of nitrogens with one attached hydrogen (secondary N) is 1. The molecule has 0 bridgehead atoms. The molecular weight excluding hydrogens is 244 g/mol. The van der Waals surface area contributed by atoms with E-state index in [1.54, 1.807) is 6.07 Å². The summed E-state index contributed by atoms with van der Waals surface area (Å²) in [6.45, 7) is 0. The monoisotopic (exact) mass is 250 g/mol. The summed E-state index contributed by atoms with van der Waals surface area (Å²) < 4.78 is 0. The fraction of sp³-hybridized carbons (Fsp3) is 0.111. The summed E-state index contributed by atoms with van der Waals surface area (Å²) in [4.78, 5) is 30.6. The Morgan fingerprint density at radius 2 is 2.00 bits per heavy atom. The Labute approximate surface area is 99.9 Å². The van der Waals surface area contributed by atoms with E-state index in [-0.39, 0.29) is 5.69 Å². The van der Waals surface area contributed by atoms with Crippen LogP contribution in [0, 0.1) is 31.6 Å². The molecule has 0 spiro atoms. The van der Waals surface area contributed by atoms with Crippen LogP contribution in [0.25, 0.3) is 0 Å². The third kappa shape index (κ3) is 2.99. The number of nitriles is 1. The number of nitro benzene ring substituents is 2. The highest BCUT2D eigenvalue weighted by atomic mass is 16.6. The van der Waals surface area contributed by atoms with Crippen LogP contribution in [-0.2, 0) is 4.79 Å². The molecular formula is C9H6N4O5. The second-order valence-corrected chi connectivity index (χ2v) is 3.10. The van der Waals surface area contributed by atoms with Crippen LogP contribution in [-0.4, -0.2) is 15.8 Å². The number of anilines is 1. The number of carbonyl (C=O) groups excluding carboxylic acids is 1. The Morgan fingerprint density at radius 1 is 1.33 bits per heavy atom. The fourth-order valence-electron chi connectivity index (χ4n) is 1.16. The lowest BCUT2D eigenvalue weighted by atomic mass is 10.2. The molecule has 0 fully saturated rings. The number of nitro groups is 2. The van der Waals surface area contributed by atoms with Gasteiger partial charge in [0.05, 0.1) is 22.0 Å². The van der Waals surface area contributed by atoms with Crippen molar-refractivity contribution >= 4 is 23.0 Å². The van der Waals surface area contributed by atoms with Crippen molar-refractivity contribution in [1.29, 1.82) is 5.26 Å². The van der Waals surface area contributed by atoms with Crippen LogP contribution in [0.3, 0.4) is 0 Å².